The molecule has 0 spiro atoms. The molecule has 0 radical (unpaired) electrons. The fourth-order valence-electron chi connectivity index (χ4n) is 3.76. The summed E-state index contributed by atoms with van der Waals surface area (Å²) in [5.41, 5.74) is 0.830. The summed E-state index contributed by atoms with van der Waals surface area (Å²) in [5.74, 6) is 3.18. The molecule has 3 fully saturated rings. The maximum atomic E-state index is 3.93. The third-order valence-corrected chi connectivity index (χ3v) is 6.18. The molecule has 3 aliphatic rings. The molecule has 2 saturated carbocycles. The molecule has 104 valence electrons. The topological polar surface area (TPSA) is 15.3 Å². The molecule has 18 heavy (non-hydrogen) atoms. The van der Waals surface area contributed by atoms with Crippen LogP contribution in [0.1, 0.15) is 39.5 Å². The van der Waals surface area contributed by atoms with Crippen molar-refractivity contribution in [3.05, 3.63) is 0 Å². The Morgan fingerprint density at radius 3 is 2.39 bits per heavy atom. The van der Waals surface area contributed by atoms with Crippen molar-refractivity contribution in [2.45, 2.75) is 50.6 Å². The molecule has 3 rings (SSSR count). The van der Waals surface area contributed by atoms with E-state index in [1.54, 1.807) is 0 Å². The Morgan fingerprint density at radius 2 is 1.83 bits per heavy atom. The summed E-state index contributed by atoms with van der Waals surface area (Å²) >= 11 is 1.99. The van der Waals surface area contributed by atoms with Gasteiger partial charge < -0.3 is 5.32 Å². The van der Waals surface area contributed by atoms with Crippen LogP contribution in [-0.2, 0) is 0 Å². The molecule has 0 amide bonds. The van der Waals surface area contributed by atoms with Gasteiger partial charge in [-0.2, -0.15) is 11.8 Å². The molecule has 2 aliphatic carbocycles. The van der Waals surface area contributed by atoms with E-state index in [4.69, 9.17) is 0 Å². The van der Waals surface area contributed by atoms with E-state index >= 15 is 0 Å². The van der Waals surface area contributed by atoms with Gasteiger partial charge in [-0.15, -0.1) is 0 Å². The molecule has 1 aliphatic heterocycles. The van der Waals surface area contributed by atoms with Crippen LogP contribution in [0.25, 0.3) is 0 Å². The molecule has 0 aromatic heterocycles. The number of piperazine rings is 1. The molecule has 2 unspecified atom stereocenters. The Labute approximate surface area is 116 Å². The lowest BCUT2D eigenvalue weighted by Gasteiger charge is -2.53. The van der Waals surface area contributed by atoms with Crippen molar-refractivity contribution in [3.8, 4) is 0 Å². The van der Waals surface area contributed by atoms with Gasteiger partial charge in [0.15, 0.2) is 0 Å². The SMILES string of the molecule is CSCCN1CC(C)(C2CC2)NCC1(C)C1CC1. The zero-order chi connectivity index (χ0) is 12.8. The molecule has 1 saturated heterocycles. The first-order chi connectivity index (χ1) is 8.58. The van der Waals surface area contributed by atoms with Gasteiger partial charge in [-0.05, 0) is 57.6 Å². The van der Waals surface area contributed by atoms with E-state index < -0.39 is 0 Å². The van der Waals surface area contributed by atoms with Crippen LogP contribution in [0, 0.1) is 11.8 Å². The Balaban J connectivity index is 1.72. The third kappa shape index (κ3) is 2.34. The summed E-state index contributed by atoms with van der Waals surface area (Å²) < 4.78 is 0. The highest BCUT2D eigenvalue weighted by atomic mass is 32.2. The summed E-state index contributed by atoms with van der Waals surface area (Å²) in [7, 11) is 0. The minimum atomic E-state index is 0.396. The largest absolute Gasteiger partial charge is 0.308 e. The van der Waals surface area contributed by atoms with Gasteiger partial charge in [0.1, 0.15) is 0 Å². The van der Waals surface area contributed by atoms with Crippen LogP contribution in [0.2, 0.25) is 0 Å². The zero-order valence-electron chi connectivity index (χ0n) is 12.2. The van der Waals surface area contributed by atoms with E-state index in [2.05, 4.69) is 30.3 Å². The number of thioether (sulfide) groups is 1. The summed E-state index contributed by atoms with van der Waals surface area (Å²) in [6.45, 7) is 8.72. The second-order valence-corrected chi connectivity index (χ2v) is 8.08. The van der Waals surface area contributed by atoms with Gasteiger partial charge in [0.05, 0.1) is 0 Å². The van der Waals surface area contributed by atoms with Crippen LogP contribution < -0.4 is 5.32 Å². The first kappa shape index (κ1) is 13.3. The molecular formula is C15H28N2S. The first-order valence-corrected chi connectivity index (χ1v) is 8.97. The Bertz CT molecular complexity index is 314. The number of hydrogen-bond acceptors (Lipinski definition) is 3. The number of nitrogens with zero attached hydrogens (tertiary/aromatic N) is 1. The van der Waals surface area contributed by atoms with Crippen molar-refractivity contribution in [1.29, 1.82) is 0 Å². The van der Waals surface area contributed by atoms with Crippen molar-refractivity contribution >= 4 is 11.8 Å². The Morgan fingerprint density at radius 1 is 1.17 bits per heavy atom. The normalized spacial score (nSPS) is 42.2. The fourth-order valence-corrected chi connectivity index (χ4v) is 4.17. The van der Waals surface area contributed by atoms with Gasteiger partial charge in [-0.1, -0.05) is 0 Å². The summed E-state index contributed by atoms with van der Waals surface area (Å²) in [6.07, 6.45) is 8.03. The lowest BCUT2D eigenvalue weighted by Crippen LogP contribution is -2.70. The molecule has 0 bridgehead atoms. The van der Waals surface area contributed by atoms with Crippen molar-refractivity contribution in [2.75, 3.05) is 31.6 Å². The lowest BCUT2D eigenvalue weighted by atomic mass is 9.83. The highest BCUT2D eigenvalue weighted by molar-refractivity contribution is 7.98. The molecule has 1 heterocycles. The van der Waals surface area contributed by atoms with Gasteiger partial charge in [-0.25, -0.2) is 0 Å². The summed E-state index contributed by atoms with van der Waals surface area (Å²) in [5, 5.41) is 3.93. The zero-order valence-corrected chi connectivity index (χ0v) is 13.0. The summed E-state index contributed by atoms with van der Waals surface area (Å²) in [6, 6.07) is 0. The van der Waals surface area contributed by atoms with E-state index in [0.717, 1.165) is 11.8 Å². The fraction of sp³-hybridized carbons (Fsp3) is 1.00. The second kappa shape index (κ2) is 4.68. The minimum Gasteiger partial charge on any atom is -0.308 e. The average molecular weight is 268 g/mol. The van der Waals surface area contributed by atoms with Crippen LogP contribution in [0.4, 0.5) is 0 Å². The van der Waals surface area contributed by atoms with Crippen LogP contribution in [-0.4, -0.2) is 47.6 Å². The maximum absolute atomic E-state index is 3.93. The standard InChI is InChI=1S/C15H28N2S/c1-14(12-4-5-12)11-17(8-9-18-3)15(2,10-16-14)13-6-7-13/h12-13,16H,4-11H2,1-3H3. The third-order valence-electron chi connectivity index (χ3n) is 5.59. The van der Waals surface area contributed by atoms with Crippen molar-refractivity contribution in [2.24, 2.45) is 11.8 Å². The maximum Gasteiger partial charge on any atom is 0.0335 e. The predicted octanol–water partition coefficient (Wildman–Crippen LogP) is 2.59. The summed E-state index contributed by atoms with van der Waals surface area (Å²) in [4.78, 5) is 2.83. The van der Waals surface area contributed by atoms with Crippen LogP contribution in [0.15, 0.2) is 0 Å². The van der Waals surface area contributed by atoms with Gasteiger partial charge in [-0.3, -0.25) is 4.90 Å². The van der Waals surface area contributed by atoms with Gasteiger partial charge >= 0.3 is 0 Å². The monoisotopic (exact) mass is 268 g/mol. The van der Waals surface area contributed by atoms with Crippen LogP contribution in [0.5, 0.6) is 0 Å². The second-order valence-electron chi connectivity index (χ2n) is 7.09. The van der Waals surface area contributed by atoms with Crippen molar-refractivity contribution < 1.29 is 0 Å². The van der Waals surface area contributed by atoms with Crippen LogP contribution in [0.3, 0.4) is 0 Å². The molecule has 2 nitrogen and oxygen atoms in total. The van der Waals surface area contributed by atoms with Gasteiger partial charge in [0.25, 0.3) is 0 Å². The predicted molar refractivity (Wildman–Crippen MR) is 80.2 cm³/mol. The molecule has 0 aromatic rings. The van der Waals surface area contributed by atoms with E-state index in [9.17, 15) is 0 Å². The molecular weight excluding hydrogens is 240 g/mol. The highest BCUT2D eigenvalue weighted by Gasteiger charge is 2.53. The smallest absolute Gasteiger partial charge is 0.0335 e. The van der Waals surface area contributed by atoms with E-state index in [-0.39, 0.29) is 0 Å². The number of nitrogens with one attached hydrogen (secondary N) is 1. The number of hydrogen-bond donors (Lipinski definition) is 1. The highest BCUT2D eigenvalue weighted by Crippen LogP contribution is 2.48. The van der Waals surface area contributed by atoms with E-state index in [1.807, 2.05) is 11.8 Å². The number of rotatable bonds is 5. The van der Waals surface area contributed by atoms with Gasteiger partial charge in [0, 0.05) is 36.5 Å². The Kier molecular flexibility index (Phi) is 3.44. The minimum absolute atomic E-state index is 0.396. The average Bonchev–Trinajstić information content (AvgIpc) is 3.20. The quantitative estimate of drug-likeness (QED) is 0.825. The van der Waals surface area contributed by atoms with Gasteiger partial charge in [0.2, 0.25) is 0 Å². The van der Waals surface area contributed by atoms with Crippen LogP contribution >= 0.6 is 11.8 Å². The molecule has 0 aromatic carbocycles. The van der Waals surface area contributed by atoms with E-state index in [0.29, 0.717) is 11.1 Å². The molecule has 3 heteroatoms. The Hall–Kier alpha value is 0.270. The lowest BCUT2D eigenvalue weighted by molar-refractivity contribution is 0.00422. The first-order valence-electron chi connectivity index (χ1n) is 7.57. The molecule has 2 atom stereocenters. The van der Waals surface area contributed by atoms with E-state index in [1.165, 1.54) is 51.1 Å². The van der Waals surface area contributed by atoms with Crippen molar-refractivity contribution in [1.82, 2.24) is 10.2 Å². The van der Waals surface area contributed by atoms with Crippen molar-refractivity contribution in [3.63, 3.8) is 0 Å². The molecule has 1 N–H and O–H groups in total.